The normalized spacial score (nSPS) is 11.4. The first-order chi connectivity index (χ1) is 11.8. The number of benzene rings is 2. The molecule has 0 bridgehead atoms. The van der Waals surface area contributed by atoms with Crippen LogP contribution in [0.5, 0.6) is 5.75 Å². The molecule has 1 amide bonds. The van der Waals surface area contributed by atoms with Gasteiger partial charge in [-0.1, -0.05) is 0 Å². The van der Waals surface area contributed by atoms with Gasteiger partial charge in [0.15, 0.2) is 0 Å². The fraction of sp³-hybridized carbons (Fsp3) is 0.133. The number of carbonyl (C=O) groups excluding carboxylic acids is 1. The van der Waals surface area contributed by atoms with Gasteiger partial charge in [0, 0.05) is 5.69 Å². The fourth-order valence-corrected chi connectivity index (χ4v) is 2.76. The largest absolute Gasteiger partial charge is 0.435 e. The molecular formula is C15H13F3N2O4S. The lowest BCUT2D eigenvalue weighted by atomic mass is 10.3. The number of rotatable bonds is 7. The van der Waals surface area contributed by atoms with E-state index in [1.807, 2.05) is 0 Å². The summed E-state index contributed by atoms with van der Waals surface area (Å²) < 4.78 is 67.0. The molecule has 0 unspecified atom stereocenters. The maximum absolute atomic E-state index is 12.8. The van der Waals surface area contributed by atoms with Crippen molar-refractivity contribution >= 4 is 21.6 Å². The van der Waals surface area contributed by atoms with E-state index in [1.165, 1.54) is 24.3 Å². The molecule has 10 heteroatoms. The van der Waals surface area contributed by atoms with Gasteiger partial charge in [-0.05, 0) is 48.5 Å². The van der Waals surface area contributed by atoms with Gasteiger partial charge in [0.1, 0.15) is 11.6 Å². The highest BCUT2D eigenvalue weighted by Crippen LogP contribution is 2.17. The van der Waals surface area contributed by atoms with E-state index in [1.54, 1.807) is 0 Å². The molecule has 6 nitrogen and oxygen atoms in total. The third kappa shape index (κ3) is 5.76. The number of carbonyl (C=O) groups is 1. The van der Waals surface area contributed by atoms with Crippen molar-refractivity contribution < 1.29 is 31.1 Å². The number of amides is 1. The van der Waals surface area contributed by atoms with E-state index in [-0.39, 0.29) is 16.3 Å². The number of hydrogen-bond acceptors (Lipinski definition) is 4. The van der Waals surface area contributed by atoms with Gasteiger partial charge in [0.05, 0.1) is 11.4 Å². The van der Waals surface area contributed by atoms with Crippen molar-refractivity contribution in [2.75, 3.05) is 11.9 Å². The molecule has 0 saturated carbocycles. The van der Waals surface area contributed by atoms with Crippen LogP contribution in [-0.2, 0) is 14.8 Å². The molecule has 25 heavy (non-hydrogen) atoms. The summed E-state index contributed by atoms with van der Waals surface area (Å²) in [6, 6.07) is 9.20. The molecule has 0 aliphatic heterocycles. The minimum absolute atomic E-state index is 0.0787. The minimum Gasteiger partial charge on any atom is -0.435 e. The quantitative estimate of drug-likeness (QED) is 0.779. The Bertz CT molecular complexity index is 825. The Kier molecular flexibility index (Phi) is 5.99. The molecule has 0 aliphatic carbocycles. The van der Waals surface area contributed by atoms with Crippen molar-refractivity contribution in [2.45, 2.75) is 11.5 Å². The fourth-order valence-electron chi connectivity index (χ4n) is 1.78. The molecule has 0 heterocycles. The van der Waals surface area contributed by atoms with E-state index >= 15 is 0 Å². The maximum atomic E-state index is 12.8. The number of hydrogen-bond donors (Lipinski definition) is 2. The van der Waals surface area contributed by atoms with Crippen LogP contribution in [0.3, 0.4) is 0 Å². The molecule has 0 atom stereocenters. The molecule has 2 aromatic carbocycles. The van der Waals surface area contributed by atoms with E-state index < -0.39 is 34.9 Å². The summed E-state index contributed by atoms with van der Waals surface area (Å²) in [5.41, 5.74) is 0.271. The van der Waals surface area contributed by atoms with Crippen LogP contribution in [0.4, 0.5) is 18.9 Å². The van der Waals surface area contributed by atoms with Crippen LogP contribution >= 0.6 is 0 Å². The lowest BCUT2D eigenvalue weighted by molar-refractivity contribution is -0.115. The van der Waals surface area contributed by atoms with Crippen molar-refractivity contribution in [1.82, 2.24) is 4.72 Å². The van der Waals surface area contributed by atoms with Gasteiger partial charge in [-0.15, -0.1) is 0 Å². The van der Waals surface area contributed by atoms with E-state index in [0.717, 1.165) is 24.3 Å². The second-order valence-electron chi connectivity index (χ2n) is 4.73. The Labute approximate surface area is 141 Å². The molecule has 2 aromatic rings. The second kappa shape index (κ2) is 7.99. The Balaban J connectivity index is 1.90. The number of alkyl halides is 2. The van der Waals surface area contributed by atoms with Gasteiger partial charge >= 0.3 is 6.61 Å². The van der Waals surface area contributed by atoms with Crippen LogP contribution in [-0.4, -0.2) is 27.5 Å². The zero-order chi connectivity index (χ0) is 18.4. The van der Waals surface area contributed by atoms with Gasteiger partial charge in [0.25, 0.3) is 0 Å². The molecule has 2 N–H and O–H groups in total. The van der Waals surface area contributed by atoms with Crippen LogP contribution in [0.25, 0.3) is 0 Å². The van der Waals surface area contributed by atoms with E-state index in [2.05, 4.69) is 14.8 Å². The second-order valence-corrected chi connectivity index (χ2v) is 6.50. The highest BCUT2D eigenvalue weighted by molar-refractivity contribution is 7.89. The average Bonchev–Trinajstić information content (AvgIpc) is 2.55. The lowest BCUT2D eigenvalue weighted by Crippen LogP contribution is -2.32. The van der Waals surface area contributed by atoms with Crippen molar-refractivity contribution in [1.29, 1.82) is 0 Å². The van der Waals surface area contributed by atoms with Crippen molar-refractivity contribution in [3.63, 3.8) is 0 Å². The van der Waals surface area contributed by atoms with Gasteiger partial charge in [-0.3, -0.25) is 4.79 Å². The van der Waals surface area contributed by atoms with Crippen molar-refractivity contribution in [3.8, 4) is 5.75 Å². The summed E-state index contributed by atoms with van der Waals surface area (Å²) in [6.07, 6.45) is 0. The van der Waals surface area contributed by atoms with Crippen LogP contribution in [0, 0.1) is 5.82 Å². The molecule has 0 saturated heterocycles. The Morgan fingerprint density at radius 3 is 2.20 bits per heavy atom. The number of anilines is 1. The molecule has 134 valence electrons. The minimum atomic E-state index is -3.97. The van der Waals surface area contributed by atoms with Crippen molar-refractivity contribution in [3.05, 3.63) is 54.3 Å². The predicted molar refractivity (Wildman–Crippen MR) is 83.3 cm³/mol. The van der Waals surface area contributed by atoms with Crippen molar-refractivity contribution in [2.24, 2.45) is 0 Å². The van der Waals surface area contributed by atoms with Gasteiger partial charge in [-0.2, -0.15) is 8.78 Å². The van der Waals surface area contributed by atoms with Gasteiger partial charge < -0.3 is 10.1 Å². The van der Waals surface area contributed by atoms with E-state index in [0.29, 0.717) is 0 Å². The molecule has 0 aromatic heterocycles. The molecule has 0 fully saturated rings. The third-order valence-corrected chi connectivity index (χ3v) is 4.33. The average molecular weight is 374 g/mol. The zero-order valence-corrected chi connectivity index (χ0v) is 13.4. The summed E-state index contributed by atoms with van der Waals surface area (Å²) in [5.74, 6) is -1.34. The summed E-state index contributed by atoms with van der Waals surface area (Å²) in [5, 5.41) is 2.39. The first kappa shape index (κ1) is 18.7. The molecule has 0 spiro atoms. The van der Waals surface area contributed by atoms with Gasteiger partial charge in [0.2, 0.25) is 15.9 Å². The Morgan fingerprint density at radius 1 is 1.04 bits per heavy atom. The highest BCUT2D eigenvalue weighted by Gasteiger charge is 2.15. The van der Waals surface area contributed by atoms with Crippen LogP contribution in [0.1, 0.15) is 0 Å². The summed E-state index contributed by atoms with van der Waals surface area (Å²) in [6.45, 7) is -3.52. The zero-order valence-electron chi connectivity index (χ0n) is 12.6. The predicted octanol–water partition coefficient (Wildman–Crippen LogP) is 2.34. The molecule has 0 aliphatic rings. The highest BCUT2D eigenvalue weighted by atomic mass is 32.2. The maximum Gasteiger partial charge on any atom is 0.387 e. The molecular weight excluding hydrogens is 361 g/mol. The standard InChI is InChI=1S/C15H13F3N2O4S/c16-10-1-7-13(8-2-10)25(22,23)19-9-14(21)20-11-3-5-12(6-4-11)24-15(17)18/h1-8,15,19H,9H2,(H,20,21). The number of nitrogens with one attached hydrogen (secondary N) is 2. The number of ether oxygens (including phenoxy) is 1. The first-order valence-corrected chi connectivity index (χ1v) is 8.34. The van der Waals surface area contributed by atoms with E-state index in [4.69, 9.17) is 0 Å². The lowest BCUT2D eigenvalue weighted by Gasteiger charge is -2.09. The molecule has 0 radical (unpaired) electrons. The Morgan fingerprint density at radius 2 is 1.64 bits per heavy atom. The van der Waals surface area contributed by atoms with E-state index in [9.17, 15) is 26.4 Å². The van der Waals surface area contributed by atoms with Gasteiger partial charge in [-0.25, -0.2) is 17.5 Å². The first-order valence-electron chi connectivity index (χ1n) is 6.86. The third-order valence-electron chi connectivity index (χ3n) is 2.91. The Hall–Kier alpha value is -2.59. The topological polar surface area (TPSA) is 84.5 Å². The summed E-state index contributed by atoms with van der Waals surface area (Å²) in [4.78, 5) is 11.6. The monoisotopic (exact) mass is 374 g/mol. The summed E-state index contributed by atoms with van der Waals surface area (Å²) in [7, 11) is -3.97. The SMILES string of the molecule is O=C(CNS(=O)(=O)c1ccc(F)cc1)Nc1ccc(OC(F)F)cc1. The smallest absolute Gasteiger partial charge is 0.387 e. The van der Waals surface area contributed by atoms with Crippen LogP contribution < -0.4 is 14.8 Å². The van der Waals surface area contributed by atoms with Crippen LogP contribution in [0.15, 0.2) is 53.4 Å². The summed E-state index contributed by atoms with van der Waals surface area (Å²) >= 11 is 0. The van der Waals surface area contributed by atoms with Crippen LogP contribution in [0.2, 0.25) is 0 Å². The number of halogens is 3. The number of sulfonamides is 1. The molecule has 2 rings (SSSR count).